The average Bonchev–Trinajstić information content (AvgIpc) is 2.59. The van der Waals surface area contributed by atoms with Gasteiger partial charge in [-0.05, 0) is 61.4 Å². The minimum absolute atomic E-state index is 0.376. The lowest BCUT2D eigenvalue weighted by atomic mass is 10.1. The third-order valence-electron chi connectivity index (χ3n) is 3.89. The molecule has 0 aliphatic carbocycles. The fourth-order valence-electron chi connectivity index (χ4n) is 2.64. The Labute approximate surface area is 161 Å². The summed E-state index contributed by atoms with van der Waals surface area (Å²) in [5, 5.41) is 10.6. The first-order valence-electron chi connectivity index (χ1n) is 7.82. The molecule has 0 bridgehead atoms. The van der Waals surface area contributed by atoms with Gasteiger partial charge in [-0.1, -0.05) is 23.2 Å². The molecule has 4 nitrogen and oxygen atoms in total. The molecule has 0 fully saturated rings. The largest absolute Gasteiger partial charge is 0.256 e. The van der Waals surface area contributed by atoms with Gasteiger partial charge in [0.1, 0.15) is 10.3 Å². The summed E-state index contributed by atoms with van der Waals surface area (Å²) in [6.07, 6.45) is 4.72. The standard InChI is InChI=1S/C20H14Cl2N4/c1-12-8-19(21)26-18-6-5-14(10-15(12)18)24-11-16-13(2)9-20(22)25-17(16)4-3-7-23/h3-6,8-11H,1-2H3/b4-3+,24-11?. The van der Waals surface area contributed by atoms with Gasteiger partial charge in [-0.2, -0.15) is 5.26 Å². The van der Waals surface area contributed by atoms with Gasteiger partial charge in [0.2, 0.25) is 0 Å². The molecular weight excluding hydrogens is 367 g/mol. The second-order valence-electron chi connectivity index (χ2n) is 5.74. The molecule has 2 heterocycles. The van der Waals surface area contributed by atoms with E-state index < -0.39 is 0 Å². The molecular formula is C20H14Cl2N4. The van der Waals surface area contributed by atoms with E-state index in [9.17, 15) is 0 Å². The van der Waals surface area contributed by atoms with Crippen molar-refractivity contribution in [2.75, 3.05) is 0 Å². The SMILES string of the molecule is Cc1cc(Cl)nc(/C=C/C#N)c1C=Nc1ccc2nc(Cl)cc(C)c2c1. The molecule has 128 valence electrons. The summed E-state index contributed by atoms with van der Waals surface area (Å²) in [5.74, 6) is 0. The number of pyridine rings is 2. The van der Waals surface area contributed by atoms with E-state index in [1.807, 2.05) is 44.2 Å². The molecule has 0 unspecified atom stereocenters. The molecule has 0 saturated carbocycles. The van der Waals surface area contributed by atoms with Crippen molar-refractivity contribution in [3.05, 3.63) is 69.1 Å². The molecule has 0 atom stereocenters. The molecule has 0 saturated heterocycles. The van der Waals surface area contributed by atoms with E-state index in [0.29, 0.717) is 16.0 Å². The number of nitriles is 1. The Bertz CT molecular complexity index is 1100. The Morgan fingerprint density at radius 2 is 1.77 bits per heavy atom. The molecule has 6 heteroatoms. The zero-order valence-corrected chi connectivity index (χ0v) is 15.7. The first kappa shape index (κ1) is 18.1. The van der Waals surface area contributed by atoms with Crippen LogP contribution >= 0.6 is 23.2 Å². The minimum atomic E-state index is 0.376. The van der Waals surface area contributed by atoms with Gasteiger partial charge in [-0.15, -0.1) is 0 Å². The van der Waals surface area contributed by atoms with E-state index in [-0.39, 0.29) is 0 Å². The fourth-order valence-corrected chi connectivity index (χ4v) is 3.15. The average molecular weight is 381 g/mol. The van der Waals surface area contributed by atoms with Crippen LogP contribution in [0.4, 0.5) is 5.69 Å². The summed E-state index contributed by atoms with van der Waals surface area (Å²) in [6, 6.07) is 11.3. The first-order valence-corrected chi connectivity index (χ1v) is 8.58. The maximum Gasteiger partial charge on any atom is 0.130 e. The number of aromatic nitrogens is 2. The van der Waals surface area contributed by atoms with Gasteiger partial charge in [0.05, 0.1) is 23.0 Å². The van der Waals surface area contributed by atoms with Crippen molar-refractivity contribution in [3.8, 4) is 6.07 Å². The van der Waals surface area contributed by atoms with Crippen LogP contribution in [0, 0.1) is 25.2 Å². The van der Waals surface area contributed by atoms with Crippen molar-refractivity contribution in [1.29, 1.82) is 5.26 Å². The van der Waals surface area contributed by atoms with Crippen molar-refractivity contribution >= 4 is 52.1 Å². The van der Waals surface area contributed by atoms with Crippen LogP contribution in [0.15, 0.2) is 41.4 Å². The van der Waals surface area contributed by atoms with Crippen molar-refractivity contribution in [2.24, 2.45) is 4.99 Å². The lowest BCUT2D eigenvalue weighted by molar-refractivity contribution is 1.24. The van der Waals surface area contributed by atoms with E-state index in [1.165, 1.54) is 6.08 Å². The van der Waals surface area contributed by atoms with Gasteiger partial charge in [0, 0.05) is 23.2 Å². The number of hydrogen-bond donors (Lipinski definition) is 0. The van der Waals surface area contributed by atoms with Gasteiger partial charge in [-0.3, -0.25) is 4.99 Å². The quantitative estimate of drug-likeness (QED) is 0.325. The van der Waals surface area contributed by atoms with Crippen LogP contribution in [0.25, 0.3) is 17.0 Å². The number of nitrogens with zero attached hydrogens (tertiary/aromatic N) is 4. The van der Waals surface area contributed by atoms with Crippen LogP contribution in [0.1, 0.15) is 22.4 Å². The summed E-state index contributed by atoms with van der Waals surface area (Å²) in [6.45, 7) is 3.91. The maximum absolute atomic E-state index is 8.76. The molecule has 0 N–H and O–H groups in total. The fraction of sp³-hybridized carbons (Fsp3) is 0.100. The van der Waals surface area contributed by atoms with Crippen molar-refractivity contribution in [2.45, 2.75) is 13.8 Å². The zero-order valence-electron chi connectivity index (χ0n) is 14.2. The maximum atomic E-state index is 8.76. The number of rotatable bonds is 3. The molecule has 0 spiro atoms. The van der Waals surface area contributed by atoms with E-state index in [1.54, 1.807) is 18.4 Å². The predicted molar refractivity (Wildman–Crippen MR) is 107 cm³/mol. The predicted octanol–water partition coefficient (Wildman–Crippen LogP) is 5.84. The third kappa shape index (κ3) is 3.91. The Balaban J connectivity index is 2.04. The Kier molecular flexibility index (Phi) is 5.32. The molecule has 0 radical (unpaired) electrons. The normalized spacial score (nSPS) is 11.5. The number of aryl methyl sites for hydroxylation is 2. The van der Waals surface area contributed by atoms with Crippen molar-refractivity contribution in [1.82, 2.24) is 9.97 Å². The highest BCUT2D eigenvalue weighted by atomic mass is 35.5. The van der Waals surface area contributed by atoms with Crippen molar-refractivity contribution < 1.29 is 0 Å². The second kappa shape index (κ2) is 7.65. The summed E-state index contributed by atoms with van der Waals surface area (Å²) in [7, 11) is 0. The summed E-state index contributed by atoms with van der Waals surface area (Å²) >= 11 is 12.0. The number of allylic oxidation sites excluding steroid dienone is 1. The molecule has 0 aliphatic heterocycles. The van der Waals surface area contributed by atoms with Gasteiger partial charge in [0.25, 0.3) is 0 Å². The smallest absolute Gasteiger partial charge is 0.130 e. The Hall–Kier alpha value is -2.74. The van der Waals surface area contributed by atoms with Crippen LogP contribution in [-0.2, 0) is 0 Å². The number of hydrogen-bond acceptors (Lipinski definition) is 4. The highest BCUT2D eigenvalue weighted by Crippen LogP contribution is 2.25. The minimum Gasteiger partial charge on any atom is -0.256 e. The summed E-state index contributed by atoms with van der Waals surface area (Å²) < 4.78 is 0. The van der Waals surface area contributed by atoms with E-state index in [0.717, 1.165) is 33.3 Å². The highest BCUT2D eigenvalue weighted by molar-refractivity contribution is 6.30. The van der Waals surface area contributed by atoms with Gasteiger partial charge >= 0.3 is 0 Å². The van der Waals surface area contributed by atoms with Crippen molar-refractivity contribution in [3.63, 3.8) is 0 Å². The van der Waals surface area contributed by atoms with Gasteiger partial charge in [0.15, 0.2) is 0 Å². The Morgan fingerprint density at radius 3 is 2.54 bits per heavy atom. The Morgan fingerprint density at radius 1 is 1.04 bits per heavy atom. The topological polar surface area (TPSA) is 61.9 Å². The first-order chi connectivity index (χ1) is 12.5. The van der Waals surface area contributed by atoms with Crippen LogP contribution in [0.2, 0.25) is 10.3 Å². The van der Waals surface area contributed by atoms with Crippen LogP contribution in [0.5, 0.6) is 0 Å². The lowest BCUT2D eigenvalue weighted by Crippen LogP contribution is -1.96. The van der Waals surface area contributed by atoms with E-state index in [4.69, 9.17) is 28.5 Å². The van der Waals surface area contributed by atoms with Gasteiger partial charge in [-0.25, -0.2) is 9.97 Å². The second-order valence-corrected chi connectivity index (χ2v) is 6.52. The molecule has 2 aromatic heterocycles. The van der Waals surface area contributed by atoms with Crippen LogP contribution in [-0.4, -0.2) is 16.2 Å². The van der Waals surface area contributed by atoms with Crippen LogP contribution in [0.3, 0.4) is 0 Å². The molecule has 3 aromatic rings. The van der Waals surface area contributed by atoms with Crippen LogP contribution < -0.4 is 0 Å². The molecule has 1 aromatic carbocycles. The number of fused-ring (bicyclic) bond motifs is 1. The highest BCUT2D eigenvalue weighted by Gasteiger charge is 2.06. The van der Waals surface area contributed by atoms with E-state index in [2.05, 4.69) is 15.0 Å². The third-order valence-corrected chi connectivity index (χ3v) is 4.28. The van der Waals surface area contributed by atoms with E-state index >= 15 is 0 Å². The molecule has 0 aliphatic rings. The zero-order chi connectivity index (χ0) is 18.7. The molecule has 0 amide bonds. The lowest BCUT2D eigenvalue weighted by Gasteiger charge is -2.06. The molecule has 3 rings (SSSR count). The number of aliphatic imine (C=N–C) groups is 1. The monoisotopic (exact) mass is 380 g/mol. The number of halogens is 2. The summed E-state index contributed by atoms with van der Waals surface area (Å²) in [5.41, 5.74) is 5.00. The summed E-state index contributed by atoms with van der Waals surface area (Å²) in [4.78, 5) is 13.1. The van der Waals surface area contributed by atoms with Gasteiger partial charge < -0.3 is 0 Å². The number of benzene rings is 1. The molecule has 26 heavy (non-hydrogen) atoms.